The van der Waals surface area contributed by atoms with E-state index < -0.39 is 17.4 Å². The van der Waals surface area contributed by atoms with E-state index in [9.17, 15) is 9.90 Å². The average molecular weight is 484 g/mol. The number of nitrogens with two attached hydrogens (primary N) is 1. The molecule has 182 valence electrons. The second kappa shape index (κ2) is 8.56. The van der Waals surface area contributed by atoms with E-state index in [1.54, 1.807) is 6.20 Å². The average Bonchev–Trinajstić information content (AvgIpc) is 3.37. The zero-order valence-electron chi connectivity index (χ0n) is 19.4. The molecule has 0 atom stereocenters. The molecule has 0 radical (unpaired) electrons. The number of nitrogens with zero attached hydrogens (tertiary/aromatic N) is 2. The molecule has 2 aromatic carbocycles. The number of anilines is 1. The maximum Gasteiger partial charge on any atom is 0.405 e. The zero-order valence-corrected chi connectivity index (χ0v) is 19.4. The lowest BCUT2D eigenvalue weighted by atomic mass is 9.67. The van der Waals surface area contributed by atoms with Gasteiger partial charge in [-0.25, -0.2) is 20.6 Å². The molecule has 4 aromatic rings. The summed E-state index contributed by atoms with van der Waals surface area (Å²) in [4.78, 5) is 20.9. The summed E-state index contributed by atoms with van der Waals surface area (Å²) < 4.78 is 11.5. The van der Waals surface area contributed by atoms with Crippen molar-refractivity contribution in [1.29, 1.82) is 0 Å². The zero-order chi connectivity index (χ0) is 24.8. The van der Waals surface area contributed by atoms with Crippen molar-refractivity contribution >= 4 is 22.8 Å². The van der Waals surface area contributed by atoms with E-state index in [-0.39, 0.29) is 0 Å². The molecule has 9 heteroatoms. The topological polar surface area (TPSA) is 132 Å². The van der Waals surface area contributed by atoms with Gasteiger partial charge in [-0.05, 0) is 23.3 Å². The highest BCUT2D eigenvalue weighted by Gasteiger charge is 2.60. The number of rotatable bonds is 5. The number of hydrogen-bond acceptors (Lipinski definition) is 7. The Kier molecular flexibility index (Phi) is 5.33. The Morgan fingerprint density at radius 1 is 0.972 bits per heavy atom. The highest BCUT2D eigenvalue weighted by atomic mass is 16.7. The number of nitrogen functional groups attached to an aromatic ring is 1. The fraction of sp³-hybridized carbons (Fsp3) is 0.222. The smallest absolute Gasteiger partial charge is 0.405 e. The van der Waals surface area contributed by atoms with E-state index in [0.29, 0.717) is 31.9 Å². The summed E-state index contributed by atoms with van der Waals surface area (Å²) >= 11 is 0. The minimum absolute atomic E-state index is 0.428. The number of aromatic nitrogens is 2. The molecular weight excluding hydrogens is 458 g/mol. The molecule has 3 heterocycles. The van der Waals surface area contributed by atoms with Crippen LogP contribution in [0.4, 0.5) is 10.6 Å². The Morgan fingerprint density at radius 3 is 2.36 bits per heavy atom. The van der Waals surface area contributed by atoms with Crippen LogP contribution in [0.2, 0.25) is 0 Å². The molecule has 1 spiro atoms. The summed E-state index contributed by atoms with van der Waals surface area (Å²) in [7, 11) is 0. The summed E-state index contributed by atoms with van der Waals surface area (Å²) in [5, 5.41) is 13.1. The van der Waals surface area contributed by atoms with Crippen molar-refractivity contribution in [3.8, 4) is 22.4 Å². The van der Waals surface area contributed by atoms with Gasteiger partial charge in [0.05, 0.1) is 30.0 Å². The molecular formula is C27H25N5O4. The molecule has 6 rings (SSSR count). The highest BCUT2D eigenvalue weighted by molar-refractivity contribution is 5.96. The first-order chi connectivity index (χ1) is 17.5. The second-order valence-corrected chi connectivity index (χ2v) is 9.17. The normalized spacial score (nSPS) is 17.6. The second-order valence-electron chi connectivity index (χ2n) is 9.17. The predicted octanol–water partition coefficient (Wildman–Crippen LogP) is 4.25. The van der Waals surface area contributed by atoms with Crippen LogP contribution in [-0.4, -0.2) is 40.2 Å². The van der Waals surface area contributed by atoms with Gasteiger partial charge in [0.1, 0.15) is 5.82 Å². The van der Waals surface area contributed by atoms with Gasteiger partial charge in [-0.1, -0.05) is 54.6 Å². The van der Waals surface area contributed by atoms with Crippen LogP contribution in [0.1, 0.15) is 18.4 Å². The van der Waals surface area contributed by atoms with E-state index in [4.69, 9.17) is 20.3 Å². The van der Waals surface area contributed by atoms with E-state index in [0.717, 1.165) is 38.9 Å². The van der Waals surface area contributed by atoms with Crippen molar-refractivity contribution in [2.24, 2.45) is 5.84 Å². The van der Waals surface area contributed by atoms with Gasteiger partial charge in [-0.3, -0.25) is 0 Å². The Bertz CT molecular complexity index is 1430. The van der Waals surface area contributed by atoms with Gasteiger partial charge in [0.2, 0.25) is 0 Å². The number of nitrogens with one attached hydrogen (secondary N) is 2. The molecule has 1 aliphatic carbocycles. The van der Waals surface area contributed by atoms with Gasteiger partial charge in [0, 0.05) is 35.6 Å². The van der Waals surface area contributed by atoms with Crippen molar-refractivity contribution in [3.63, 3.8) is 0 Å². The predicted molar refractivity (Wildman–Crippen MR) is 135 cm³/mol. The molecule has 2 aliphatic rings. The van der Waals surface area contributed by atoms with Gasteiger partial charge in [-0.15, -0.1) is 0 Å². The highest BCUT2D eigenvalue weighted by Crippen LogP contribution is 2.53. The maximum absolute atomic E-state index is 11.6. The molecule has 2 fully saturated rings. The fourth-order valence-electron chi connectivity index (χ4n) is 5.35. The van der Waals surface area contributed by atoms with E-state index in [1.165, 1.54) is 0 Å². The van der Waals surface area contributed by atoms with Gasteiger partial charge in [0.15, 0.2) is 5.79 Å². The molecule has 1 aliphatic heterocycles. The lowest BCUT2D eigenvalue weighted by molar-refractivity contribution is -0.244. The maximum atomic E-state index is 11.6. The van der Waals surface area contributed by atoms with Gasteiger partial charge >= 0.3 is 6.09 Å². The molecule has 36 heavy (non-hydrogen) atoms. The van der Waals surface area contributed by atoms with Crippen LogP contribution in [0.15, 0.2) is 72.9 Å². The van der Waals surface area contributed by atoms with Crippen LogP contribution in [0, 0.1) is 0 Å². The molecule has 1 amide bonds. The summed E-state index contributed by atoms with van der Waals surface area (Å²) in [6.07, 6.45) is 1.45. The standard InChI is InChI=1S/C27H25N5O4/c28-32-24-21-14-20(17-4-2-1-3-5-17)23(30-22(21)10-11-29-24)18-6-8-19(9-7-18)26(31-25(33)34)15-27(16-26)35-12-13-36-27/h1-11,14,31H,12-13,15-16,28H2,(H,29,32)(H,33,34). The summed E-state index contributed by atoms with van der Waals surface area (Å²) in [6, 6.07) is 21.8. The van der Waals surface area contributed by atoms with Crippen molar-refractivity contribution in [2.45, 2.75) is 24.2 Å². The van der Waals surface area contributed by atoms with E-state index >= 15 is 0 Å². The van der Waals surface area contributed by atoms with Crippen molar-refractivity contribution in [1.82, 2.24) is 15.3 Å². The SMILES string of the molecule is NNc1nccc2nc(-c3ccc(C4(NC(=O)O)CC5(C4)OCCO5)cc3)c(-c3ccccc3)cc12. The minimum Gasteiger partial charge on any atom is -0.465 e. The Hall–Kier alpha value is -4.05. The molecule has 2 aromatic heterocycles. The molecule has 1 saturated carbocycles. The van der Waals surface area contributed by atoms with E-state index in [2.05, 4.69) is 15.7 Å². The first kappa shape index (κ1) is 22.4. The third kappa shape index (κ3) is 3.74. The quantitative estimate of drug-likeness (QED) is 0.245. The largest absolute Gasteiger partial charge is 0.465 e. The van der Waals surface area contributed by atoms with Crippen LogP contribution in [-0.2, 0) is 15.0 Å². The molecule has 9 nitrogen and oxygen atoms in total. The monoisotopic (exact) mass is 483 g/mol. The number of ether oxygens (including phenoxy) is 2. The van der Waals surface area contributed by atoms with Gasteiger partial charge in [0.25, 0.3) is 0 Å². The van der Waals surface area contributed by atoms with Crippen molar-refractivity contribution in [2.75, 3.05) is 18.6 Å². The van der Waals surface area contributed by atoms with Crippen LogP contribution >= 0.6 is 0 Å². The van der Waals surface area contributed by atoms with Crippen LogP contribution in [0.5, 0.6) is 0 Å². The van der Waals surface area contributed by atoms with Crippen molar-refractivity contribution < 1.29 is 19.4 Å². The fourth-order valence-corrected chi connectivity index (χ4v) is 5.35. The third-order valence-electron chi connectivity index (χ3n) is 6.98. The van der Waals surface area contributed by atoms with Gasteiger partial charge < -0.3 is 25.3 Å². The minimum atomic E-state index is -1.08. The number of amides is 1. The number of benzene rings is 2. The molecule has 1 saturated heterocycles. The number of pyridine rings is 2. The first-order valence-electron chi connectivity index (χ1n) is 11.7. The van der Waals surface area contributed by atoms with Gasteiger partial charge in [-0.2, -0.15) is 0 Å². The number of fused-ring (bicyclic) bond motifs is 1. The van der Waals surface area contributed by atoms with Crippen LogP contribution in [0.3, 0.4) is 0 Å². The Labute approximate surface area is 207 Å². The first-order valence-corrected chi connectivity index (χ1v) is 11.7. The van der Waals surface area contributed by atoms with Crippen LogP contribution in [0.25, 0.3) is 33.3 Å². The van der Waals surface area contributed by atoms with E-state index in [1.807, 2.05) is 66.7 Å². The lowest BCUT2D eigenvalue weighted by Gasteiger charge is -2.52. The summed E-state index contributed by atoms with van der Waals surface area (Å²) in [5.74, 6) is 5.55. The number of hydrazine groups is 1. The Balaban J connectivity index is 1.43. The molecule has 0 unspecified atom stereocenters. The number of hydrogen-bond donors (Lipinski definition) is 4. The Morgan fingerprint density at radius 2 is 1.69 bits per heavy atom. The molecule has 0 bridgehead atoms. The summed E-state index contributed by atoms with van der Waals surface area (Å²) in [6.45, 7) is 1.05. The van der Waals surface area contributed by atoms with Crippen LogP contribution < -0.4 is 16.6 Å². The van der Waals surface area contributed by atoms with Crippen molar-refractivity contribution in [3.05, 3.63) is 78.5 Å². The number of carbonyl (C=O) groups is 1. The third-order valence-corrected chi connectivity index (χ3v) is 6.98. The lowest BCUT2D eigenvalue weighted by Crippen LogP contribution is -2.63. The summed E-state index contributed by atoms with van der Waals surface area (Å²) in [5.41, 5.74) is 7.18. The number of carboxylic acid groups (broad SMARTS) is 1. The molecule has 5 N–H and O–H groups in total.